The molecule has 0 aliphatic heterocycles. The van der Waals surface area contributed by atoms with Crippen molar-refractivity contribution in [1.82, 2.24) is 5.32 Å². The minimum Gasteiger partial charge on any atom is -0.329 e. The second kappa shape index (κ2) is 5.69. The largest absolute Gasteiger partial charge is 0.329 e. The summed E-state index contributed by atoms with van der Waals surface area (Å²) in [5.74, 6) is 0. The molecular formula is C13H20N2. The van der Waals surface area contributed by atoms with Crippen molar-refractivity contribution in [2.45, 2.75) is 18.9 Å². The second-order valence-electron chi connectivity index (χ2n) is 4.10. The van der Waals surface area contributed by atoms with Gasteiger partial charge in [0, 0.05) is 18.6 Å². The van der Waals surface area contributed by atoms with Crippen LogP contribution in [0.1, 0.15) is 12.5 Å². The summed E-state index contributed by atoms with van der Waals surface area (Å²) in [6, 6.07) is 10.4. The molecule has 0 saturated heterocycles. The third-order valence-electron chi connectivity index (χ3n) is 2.56. The maximum Gasteiger partial charge on any atom is 0.0318 e. The van der Waals surface area contributed by atoms with Gasteiger partial charge in [0.25, 0.3) is 0 Å². The third kappa shape index (κ3) is 3.86. The minimum atomic E-state index is -0.0461. The Morgan fingerprint density at radius 2 is 2.07 bits per heavy atom. The van der Waals surface area contributed by atoms with Crippen LogP contribution in [-0.2, 0) is 6.42 Å². The van der Waals surface area contributed by atoms with E-state index < -0.39 is 0 Å². The SMILES string of the molecule is C=CCNC(C)(CN)Cc1ccccc1. The van der Waals surface area contributed by atoms with Gasteiger partial charge in [0.15, 0.2) is 0 Å². The van der Waals surface area contributed by atoms with Gasteiger partial charge in [-0.3, -0.25) is 0 Å². The first-order valence-corrected chi connectivity index (χ1v) is 5.30. The van der Waals surface area contributed by atoms with Crippen LogP contribution in [0.5, 0.6) is 0 Å². The zero-order valence-corrected chi connectivity index (χ0v) is 9.37. The second-order valence-corrected chi connectivity index (χ2v) is 4.10. The van der Waals surface area contributed by atoms with Gasteiger partial charge in [0.1, 0.15) is 0 Å². The molecule has 0 amide bonds. The molecule has 0 aliphatic rings. The average molecular weight is 204 g/mol. The molecule has 1 aromatic carbocycles. The predicted molar refractivity (Wildman–Crippen MR) is 65.8 cm³/mol. The fraction of sp³-hybridized carbons (Fsp3) is 0.385. The van der Waals surface area contributed by atoms with Gasteiger partial charge in [0.05, 0.1) is 0 Å². The molecule has 0 spiro atoms. The Morgan fingerprint density at radius 1 is 1.40 bits per heavy atom. The number of nitrogens with one attached hydrogen (secondary N) is 1. The van der Waals surface area contributed by atoms with E-state index in [0.29, 0.717) is 6.54 Å². The van der Waals surface area contributed by atoms with E-state index >= 15 is 0 Å². The highest BCUT2D eigenvalue weighted by Gasteiger charge is 2.21. The molecule has 1 atom stereocenters. The number of rotatable bonds is 6. The summed E-state index contributed by atoms with van der Waals surface area (Å²) in [7, 11) is 0. The highest BCUT2D eigenvalue weighted by molar-refractivity contribution is 5.17. The quantitative estimate of drug-likeness (QED) is 0.692. The fourth-order valence-electron chi connectivity index (χ4n) is 1.57. The Balaban J connectivity index is 2.63. The van der Waals surface area contributed by atoms with Gasteiger partial charge in [-0.1, -0.05) is 36.4 Å². The molecule has 0 aliphatic carbocycles. The molecule has 1 unspecified atom stereocenters. The maximum absolute atomic E-state index is 5.80. The van der Waals surface area contributed by atoms with Crippen LogP contribution in [0.4, 0.5) is 0 Å². The zero-order chi connectivity index (χ0) is 11.1. The molecule has 0 bridgehead atoms. The number of hydrogen-bond acceptors (Lipinski definition) is 2. The molecule has 1 rings (SSSR count). The van der Waals surface area contributed by atoms with Crippen LogP contribution < -0.4 is 11.1 Å². The standard InChI is InChI=1S/C13H20N2/c1-3-9-15-13(2,11-14)10-12-7-5-4-6-8-12/h3-8,15H,1,9-11,14H2,2H3. The first kappa shape index (κ1) is 12.0. The lowest BCUT2D eigenvalue weighted by Crippen LogP contribution is -2.50. The average Bonchev–Trinajstić information content (AvgIpc) is 2.28. The highest BCUT2D eigenvalue weighted by Crippen LogP contribution is 2.11. The predicted octanol–water partition coefficient (Wildman–Crippen LogP) is 1.72. The van der Waals surface area contributed by atoms with Gasteiger partial charge < -0.3 is 11.1 Å². The van der Waals surface area contributed by atoms with Crippen molar-refractivity contribution >= 4 is 0 Å². The van der Waals surface area contributed by atoms with E-state index in [0.717, 1.165) is 13.0 Å². The van der Waals surface area contributed by atoms with Gasteiger partial charge in [0.2, 0.25) is 0 Å². The van der Waals surface area contributed by atoms with Crippen LogP contribution in [-0.4, -0.2) is 18.6 Å². The zero-order valence-electron chi connectivity index (χ0n) is 9.37. The molecule has 3 N–H and O–H groups in total. The van der Waals surface area contributed by atoms with Crippen molar-refractivity contribution < 1.29 is 0 Å². The number of benzene rings is 1. The molecule has 2 nitrogen and oxygen atoms in total. The lowest BCUT2D eigenvalue weighted by molar-refractivity contribution is 0.378. The first-order valence-electron chi connectivity index (χ1n) is 5.30. The Labute approximate surface area is 92.2 Å². The van der Waals surface area contributed by atoms with Crippen molar-refractivity contribution in [2.75, 3.05) is 13.1 Å². The molecule has 1 aromatic rings. The normalized spacial score (nSPS) is 14.5. The molecule has 0 aromatic heterocycles. The molecule has 0 radical (unpaired) electrons. The van der Waals surface area contributed by atoms with Crippen LogP contribution in [0, 0.1) is 0 Å². The van der Waals surface area contributed by atoms with Crippen LogP contribution in [0.25, 0.3) is 0 Å². The molecular weight excluding hydrogens is 184 g/mol. The monoisotopic (exact) mass is 204 g/mol. The van der Waals surface area contributed by atoms with E-state index in [9.17, 15) is 0 Å². The lowest BCUT2D eigenvalue weighted by Gasteiger charge is -2.29. The Kier molecular flexibility index (Phi) is 4.53. The van der Waals surface area contributed by atoms with E-state index in [2.05, 4.69) is 43.1 Å². The van der Waals surface area contributed by atoms with E-state index in [1.54, 1.807) is 0 Å². The summed E-state index contributed by atoms with van der Waals surface area (Å²) in [4.78, 5) is 0. The fourth-order valence-corrected chi connectivity index (χ4v) is 1.57. The maximum atomic E-state index is 5.80. The summed E-state index contributed by atoms with van der Waals surface area (Å²) in [6.45, 7) is 7.26. The van der Waals surface area contributed by atoms with Gasteiger partial charge in [-0.05, 0) is 18.9 Å². The molecule has 15 heavy (non-hydrogen) atoms. The van der Waals surface area contributed by atoms with Crippen LogP contribution in [0.15, 0.2) is 43.0 Å². The molecule has 82 valence electrons. The van der Waals surface area contributed by atoms with Crippen LogP contribution in [0.2, 0.25) is 0 Å². The molecule has 0 saturated carbocycles. The minimum absolute atomic E-state index is 0.0461. The van der Waals surface area contributed by atoms with Crippen molar-refractivity contribution in [3.05, 3.63) is 48.6 Å². The van der Waals surface area contributed by atoms with Crippen molar-refractivity contribution in [2.24, 2.45) is 5.73 Å². The van der Waals surface area contributed by atoms with Crippen LogP contribution in [0.3, 0.4) is 0 Å². The Bertz CT molecular complexity index is 295. The summed E-state index contributed by atoms with van der Waals surface area (Å²) in [5.41, 5.74) is 7.06. The van der Waals surface area contributed by atoms with Gasteiger partial charge in [-0.15, -0.1) is 6.58 Å². The third-order valence-corrected chi connectivity index (χ3v) is 2.56. The van der Waals surface area contributed by atoms with Gasteiger partial charge in [-0.2, -0.15) is 0 Å². The highest BCUT2D eigenvalue weighted by atomic mass is 15.0. The molecule has 0 heterocycles. The van der Waals surface area contributed by atoms with E-state index in [1.807, 2.05) is 12.1 Å². The number of hydrogen-bond donors (Lipinski definition) is 2. The lowest BCUT2D eigenvalue weighted by atomic mass is 9.93. The van der Waals surface area contributed by atoms with Crippen LogP contribution >= 0.6 is 0 Å². The Hall–Kier alpha value is -1.12. The summed E-state index contributed by atoms with van der Waals surface area (Å²) in [6.07, 6.45) is 2.80. The van der Waals surface area contributed by atoms with Gasteiger partial charge >= 0.3 is 0 Å². The topological polar surface area (TPSA) is 38.0 Å². The van der Waals surface area contributed by atoms with E-state index in [4.69, 9.17) is 5.73 Å². The van der Waals surface area contributed by atoms with Crippen molar-refractivity contribution in [1.29, 1.82) is 0 Å². The first-order chi connectivity index (χ1) is 7.20. The molecule has 0 fully saturated rings. The summed E-state index contributed by atoms with van der Waals surface area (Å²) < 4.78 is 0. The van der Waals surface area contributed by atoms with Gasteiger partial charge in [-0.25, -0.2) is 0 Å². The van der Waals surface area contributed by atoms with Crippen molar-refractivity contribution in [3.63, 3.8) is 0 Å². The van der Waals surface area contributed by atoms with E-state index in [1.165, 1.54) is 5.56 Å². The summed E-state index contributed by atoms with van der Waals surface area (Å²) in [5, 5.41) is 3.40. The smallest absolute Gasteiger partial charge is 0.0318 e. The van der Waals surface area contributed by atoms with Crippen molar-refractivity contribution in [3.8, 4) is 0 Å². The summed E-state index contributed by atoms with van der Waals surface area (Å²) >= 11 is 0. The van der Waals surface area contributed by atoms with E-state index in [-0.39, 0.29) is 5.54 Å². The Morgan fingerprint density at radius 3 is 2.60 bits per heavy atom. The number of nitrogens with two attached hydrogens (primary N) is 1. The molecule has 2 heteroatoms.